The normalized spacial score (nSPS) is 16.7. The molecule has 0 bridgehead atoms. The minimum atomic E-state index is -0.498. The number of anilines is 1. The van der Waals surface area contributed by atoms with Crippen LogP contribution in [-0.4, -0.2) is 60.0 Å². The Bertz CT molecular complexity index is 1590. The Labute approximate surface area is 239 Å². The van der Waals surface area contributed by atoms with Gasteiger partial charge in [0.25, 0.3) is 0 Å². The van der Waals surface area contributed by atoms with Crippen LogP contribution in [0.15, 0.2) is 49.1 Å². The molecule has 2 fully saturated rings. The predicted molar refractivity (Wildman–Crippen MR) is 157 cm³/mol. The zero-order chi connectivity index (χ0) is 28.6. The highest BCUT2D eigenvalue weighted by Crippen LogP contribution is 2.32. The van der Waals surface area contributed by atoms with Crippen LogP contribution in [0.5, 0.6) is 0 Å². The van der Waals surface area contributed by atoms with E-state index in [0.717, 1.165) is 53.5 Å². The zero-order valence-corrected chi connectivity index (χ0v) is 23.9. The van der Waals surface area contributed by atoms with Crippen LogP contribution >= 0.6 is 0 Å². The Morgan fingerprint density at radius 2 is 1.88 bits per heavy atom. The lowest BCUT2D eigenvalue weighted by atomic mass is 10.1. The van der Waals surface area contributed by atoms with Gasteiger partial charge >= 0.3 is 6.09 Å². The first kappa shape index (κ1) is 26.8. The number of carbonyl (C=O) groups excluding carboxylic acids is 1. The van der Waals surface area contributed by atoms with E-state index >= 15 is 0 Å². The van der Waals surface area contributed by atoms with Crippen molar-refractivity contribution in [2.45, 2.75) is 77.0 Å². The Hall–Kier alpha value is -4.39. The topological polar surface area (TPSA) is 114 Å². The van der Waals surface area contributed by atoms with Crippen molar-refractivity contribution in [3.8, 4) is 23.1 Å². The molecule has 0 radical (unpaired) electrons. The average molecular weight is 553 g/mol. The fourth-order valence-electron chi connectivity index (χ4n) is 5.78. The molecule has 212 valence electrons. The third-order valence-corrected chi connectivity index (χ3v) is 7.91. The Balaban J connectivity index is 1.25. The number of amides is 1. The van der Waals surface area contributed by atoms with Gasteiger partial charge in [-0.25, -0.2) is 9.78 Å². The maximum atomic E-state index is 12.5. The second-order valence-electron chi connectivity index (χ2n) is 12.0. The van der Waals surface area contributed by atoms with Crippen LogP contribution in [0.2, 0.25) is 0 Å². The highest BCUT2D eigenvalue weighted by atomic mass is 16.6. The number of nitrogens with zero attached hydrogens (tertiary/aromatic N) is 7. The highest BCUT2D eigenvalue weighted by Gasteiger charge is 2.28. The van der Waals surface area contributed by atoms with E-state index in [1.807, 2.05) is 72.9 Å². The summed E-state index contributed by atoms with van der Waals surface area (Å²) in [6, 6.07) is 10.4. The summed E-state index contributed by atoms with van der Waals surface area (Å²) in [5.41, 5.74) is 2.96. The van der Waals surface area contributed by atoms with Crippen LogP contribution < -0.4 is 5.32 Å². The first-order chi connectivity index (χ1) is 19.8. The summed E-state index contributed by atoms with van der Waals surface area (Å²) in [4.78, 5) is 24.0. The van der Waals surface area contributed by atoms with Gasteiger partial charge in [-0.1, -0.05) is 12.8 Å². The van der Waals surface area contributed by atoms with Crippen LogP contribution in [0.1, 0.15) is 70.9 Å². The van der Waals surface area contributed by atoms with E-state index in [1.54, 1.807) is 4.90 Å². The Morgan fingerprint density at radius 3 is 2.61 bits per heavy atom. The van der Waals surface area contributed by atoms with E-state index < -0.39 is 5.60 Å². The van der Waals surface area contributed by atoms with E-state index in [-0.39, 0.29) is 12.1 Å². The van der Waals surface area contributed by atoms with Gasteiger partial charge in [-0.15, -0.1) is 0 Å². The minimum Gasteiger partial charge on any atom is -0.444 e. The molecule has 10 nitrogen and oxygen atoms in total. The van der Waals surface area contributed by atoms with Crippen molar-refractivity contribution < 1.29 is 9.53 Å². The number of rotatable bonds is 5. The number of piperidine rings is 1. The first-order valence-electron chi connectivity index (χ1n) is 14.4. The Kier molecular flexibility index (Phi) is 7.12. The molecule has 10 heteroatoms. The van der Waals surface area contributed by atoms with Crippen molar-refractivity contribution in [1.29, 1.82) is 5.26 Å². The van der Waals surface area contributed by atoms with Gasteiger partial charge in [0.05, 0.1) is 29.4 Å². The van der Waals surface area contributed by atoms with Gasteiger partial charge in [0.1, 0.15) is 11.4 Å². The molecule has 6 rings (SSSR count). The van der Waals surface area contributed by atoms with E-state index in [9.17, 15) is 10.1 Å². The monoisotopic (exact) mass is 552 g/mol. The molecule has 1 aromatic carbocycles. The molecule has 1 aliphatic heterocycles. The molecule has 4 heterocycles. The molecule has 1 amide bonds. The summed E-state index contributed by atoms with van der Waals surface area (Å²) in [6.07, 6.45) is 13.8. The summed E-state index contributed by atoms with van der Waals surface area (Å²) in [6.45, 7) is 6.95. The molecular weight excluding hydrogens is 516 g/mol. The average Bonchev–Trinajstić information content (AvgIpc) is 3.73. The van der Waals surface area contributed by atoms with Crippen molar-refractivity contribution in [3.63, 3.8) is 0 Å². The molecule has 1 N–H and O–H groups in total. The molecule has 0 spiro atoms. The fraction of sp³-hybridized carbons (Fsp3) is 0.452. The van der Waals surface area contributed by atoms with Crippen LogP contribution in [0.25, 0.3) is 28.0 Å². The molecule has 1 saturated carbocycles. The summed E-state index contributed by atoms with van der Waals surface area (Å²) in [5.74, 6) is 1.38. The zero-order valence-electron chi connectivity index (χ0n) is 23.9. The second kappa shape index (κ2) is 10.9. The third-order valence-electron chi connectivity index (χ3n) is 7.91. The molecule has 4 aromatic rings. The van der Waals surface area contributed by atoms with Crippen molar-refractivity contribution in [2.24, 2.45) is 0 Å². The molecule has 1 aliphatic carbocycles. The van der Waals surface area contributed by atoms with E-state index in [0.29, 0.717) is 30.6 Å². The predicted octanol–water partition coefficient (Wildman–Crippen LogP) is 6.08. The molecule has 3 aromatic heterocycles. The number of carbonyl (C=O) groups is 1. The lowest BCUT2D eigenvalue weighted by Gasteiger charge is -2.33. The number of aromatic nitrogens is 5. The molecule has 0 unspecified atom stereocenters. The molecule has 41 heavy (non-hydrogen) atoms. The van der Waals surface area contributed by atoms with Crippen molar-refractivity contribution in [1.82, 2.24) is 29.2 Å². The van der Waals surface area contributed by atoms with Crippen LogP contribution in [0.4, 0.5) is 10.6 Å². The number of nitrogens with one attached hydrogen (secondary N) is 1. The Morgan fingerprint density at radius 1 is 1.10 bits per heavy atom. The van der Waals surface area contributed by atoms with E-state index in [4.69, 9.17) is 19.8 Å². The van der Waals surface area contributed by atoms with Gasteiger partial charge in [-0.05, 0) is 70.7 Å². The smallest absolute Gasteiger partial charge is 0.410 e. The SMILES string of the molecule is CC(C)(C)OC(=O)N1CCC(n2cc(-c3cnc(-n4ccc5cc(C#N)ccc54)nc3NC3CCCC3)cn2)CC1. The lowest BCUT2D eigenvalue weighted by molar-refractivity contribution is 0.0185. The number of likely N-dealkylation sites (tertiary alicyclic amines) is 1. The van der Waals surface area contributed by atoms with Crippen molar-refractivity contribution in [2.75, 3.05) is 18.4 Å². The van der Waals surface area contributed by atoms with Crippen LogP contribution in [0, 0.1) is 11.3 Å². The minimum absolute atomic E-state index is 0.207. The largest absolute Gasteiger partial charge is 0.444 e. The molecule has 2 aliphatic rings. The van der Waals surface area contributed by atoms with Gasteiger partial charge in [-0.3, -0.25) is 9.25 Å². The number of hydrogen-bond donors (Lipinski definition) is 1. The number of benzene rings is 1. The van der Waals surface area contributed by atoms with Gasteiger partial charge in [0.2, 0.25) is 5.95 Å². The summed E-state index contributed by atoms with van der Waals surface area (Å²) >= 11 is 0. The summed E-state index contributed by atoms with van der Waals surface area (Å²) in [7, 11) is 0. The lowest BCUT2D eigenvalue weighted by Crippen LogP contribution is -2.42. The molecular formula is C31H36N8O2. The standard InChI is InChI=1S/C31H36N8O2/c1-31(2,3)41-30(40)37-13-11-25(12-14-37)39-20-23(18-34-39)26-19-33-29(36-28(26)35-24-6-4-5-7-24)38-15-10-22-16-21(17-32)8-9-27(22)38/h8-10,15-16,18-20,24-25H,4-7,11-14H2,1-3H3,(H,33,35,36). The number of fused-ring (bicyclic) bond motifs is 1. The highest BCUT2D eigenvalue weighted by molar-refractivity contribution is 5.83. The second-order valence-corrected chi connectivity index (χ2v) is 12.0. The quantitative estimate of drug-likeness (QED) is 0.319. The molecule has 1 saturated heterocycles. The summed E-state index contributed by atoms with van der Waals surface area (Å²) < 4.78 is 9.52. The number of ether oxygens (including phenoxy) is 1. The van der Waals surface area contributed by atoms with E-state index in [2.05, 4.69) is 17.6 Å². The van der Waals surface area contributed by atoms with Crippen LogP contribution in [0.3, 0.4) is 0 Å². The maximum absolute atomic E-state index is 12.5. The number of nitriles is 1. The van der Waals surface area contributed by atoms with Gasteiger partial charge < -0.3 is 15.0 Å². The summed E-state index contributed by atoms with van der Waals surface area (Å²) in [5, 5.41) is 18.7. The van der Waals surface area contributed by atoms with Gasteiger partial charge in [-0.2, -0.15) is 15.3 Å². The first-order valence-corrected chi connectivity index (χ1v) is 14.4. The van der Waals surface area contributed by atoms with Gasteiger partial charge in [0, 0.05) is 54.2 Å². The molecule has 0 atom stereocenters. The van der Waals surface area contributed by atoms with Gasteiger partial charge in [0.15, 0.2) is 0 Å². The maximum Gasteiger partial charge on any atom is 0.410 e. The number of hydrogen-bond acceptors (Lipinski definition) is 7. The fourth-order valence-corrected chi connectivity index (χ4v) is 5.78. The third kappa shape index (κ3) is 5.75. The van der Waals surface area contributed by atoms with Crippen molar-refractivity contribution >= 4 is 22.8 Å². The van der Waals surface area contributed by atoms with Crippen molar-refractivity contribution in [3.05, 3.63) is 54.6 Å². The van der Waals surface area contributed by atoms with E-state index in [1.165, 1.54) is 12.8 Å². The van der Waals surface area contributed by atoms with Crippen LogP contribution in [-0.2, 0) is 4.74 Å².